The molecule has 0 bridgehead atoms. The van der Waals surface area contributed by atoms with Gasteiger partial charge in [0.05, 0.1) is 11.0 Å². The monoisotopic (exact) mass is 458 g/mol. The van der Waals surface area contributed by atoms with Gasteiger partial charge in [0.1, 0.15) is 5.82 Å². The van der Waals surface area contributed by atoms with Crippen LogP contribution in [0.3, 0.4) is 0 Å². The molecule has 0 unspecified atom stereocenters. The molecular weight excluding hydrogens is 424 g/mol. The van der Waals surface area contributed by atoms with Crippen LogP contribution in [-0.4, -0.2) is 21.8 Å². The number of aromatic amines is 1. The number of amides is 2. The Balaban J connectivity index is 1.29. The molecule has 5 rings (SSSR count). The maximum Gasteiger partial charge on any atom is 0.227 e. The summed E-state index contributed by atoms with van der Waals surface area (Å²) in [6.07, 6.45) is 11.0. The summed E-state index contributed by atoms with van der Waals surface area (Å²) in [6, 6.07) is 11.8. The van der Waals surface area contributed by atoms with Crippen LogP contribution in [0.25, 0.3) is 22.4 Å². The van der Waals surface area contributed by atoms with Gasteiger partial charge in [-0.15, -0.1) is 0 Å². The van der Waals surface area contributed by atoms with Gasteiger partial charge in [-0.05, 0) is 69.0 Å². The van der Waals surface area contributed by atoms with Gasteiger partial charge in [0.15, 0.2) is 0 Å². The number of aryl methyl sites for hydroxylation is 1. The number of benzene rings is 2. The second-order valence-corrected chi connectivity index (χ2v) is 9.95. The first-order valence-electron chi connectivity index (χ1n) is 12.8. The highest BCUT2D eigenvalue weighted by molar-refractivity contribution is 5.97. The molecule has 2 aromatic carbocycles. The number of hydrogen-bond acceptors (Lipinski definition) is 3. The van der Waals surface area contributed by atoms with Gasteiger partial charge in [-0.2, -0.15) is 0 Å². The summed E-state index contributed by atoms with van der Waals surface area (Å²) >= 11 is 0. The summed E-state index contributed by atoms with van der Waals surface area (Å²) in [5.74, 6) is 1.30. The van der Waals surface area contributed by atoms with Crippen LogP contribution < -0.4 is 10.6 Å². The summed E-state index contributed by atoms with van der Waals surface area (Å²) in [7, 11) is 0. The molecule has 2 amide bonds. The zero-order chi connectivity index (χ0) is 23.5. The fourth-order valence-corrected chi connectivity index (χ4v) is 5.40. The van der Waals surface area contributed by atoms with E-state index in [1.165, 1.54) is 12.8 Å². The minimum atomic E-state index is 0.121. The summed E-state index contributed by atoms with van der Waals surface area (Å²) in [5.41, 5.74) is 5.39. The molecule has 178 valence electrons. The number of nitrogens with zero attached hydrogens (tertiary/aromatic N) is 1. The lowest BCUT2D eigenvalue weighted by Gasteiger charge is -2.21. The zero-order valence-electron chi connectivity index (χ0n) is 20.0. The van der Waals surface area contributed by atoms with Crippen LogP contribution in [-0.2, 0) is 9.59 Å². The average Bonchev–Trinajstić information content (AvgIpc) is 3.32. The molecule has 6 nitrogen and oxygen atoms in total. The lowest BCUT2D eigenvalue weighted by molar-refractivity contribution is -0.121. The van der Waals surface area contributed by atoms with Gasteiger partial charge in [0.25, 0.3) is 0 Å². The Kier molecular flexibility index (Phi) is 6.66. The molecule has 1 aromatic heterocycles. The predicted octanol–water partition coefficient (Wildman–Crippen LogP) is 6.58. The van der Waals surface area contributed by atoms with Crippen LogP contribution in [0.15, 0.2) is 36.4 Å². The van der Waals surface area contributed by atoms with Crippen molar-refractivity contribution in [3.8, 4) is 11.4 Å². The number of rotatable bonds is 5. The van der Waals surface area contributed by atoms with Crippen molar-refractivity contribution in [1.82, 2.24) is 9.97 Å². The van der Waals surface area contributed by atoms with E-state index < -0.39 is 0 Å². The number of aromatic nitrogens is 2. The van der Waals surface area contributed by atoms with Gasteiger partial charge in [-0.1, -0.05) is 38.5 Å². The van der Waals surface area contributed by atoms with Crippen molar-refractivity contribution in [2.45, 2.75) is 71.1 Å². The summed E-state index contributed by atoms with van der Waals surface area (Å²) in [4.78, 5) is 33.5. The molecule has 0 aliphatic heterocycles. The van der Waals surface area contributed by atoms with Crippen molar-refractivity contribution in [2.24, 2.45) is 11.8 Å². The van der Waals surface area contributed by atoms with E-state index in [9.17, 15) is 9.59 Å². The minimum absolute atomic E-state index is 0.121. The first-order valence-corrected chi connectivity index (χ1v) is 12.8. The van der Waals surface area contributed by atoms with Crippen molar-refractivity contribution in [2.75, 3.05) is 10.6 Å². The van der Waals surface area contributed by atoms with E-state index in [1.54, 1.807) is 0 Å². The molecule has 0 spiro atoms. The SMILES string of the molecule is Cc1c(NC(=O)C2CCCCC2)ccc2[nH]c(-c3ccc(NC(=O)C4CCCCC4)cc3)nc12. The van der Waals surface area contributed by atoms with Gasteiger partial charge in [-0.3, -0.25) is 9.59 Å². The Hall–Kier alpha value is -3.15. The Labute approximate surface area is 200 Å². The Morgan fingerprint density at radius 3 is 2.00 bits per heavy atom. The van der Waals surface area contributed by atoms with Gasteiger partial charge in [0.2, 0.25) is 11.8 Å². The van der Waals surface area contributed by atoms with Gasteiger partial charge >= 0.3 is 0 Å². The summed E-state index contributed by atoms with van der Waals surface area (Å²) in [6.45, 7) is 2.01. The fraction of sp³-hybridized carbons (Fsp3) is 0.464. The molecule has 34 heavy (non-hydrogen) atoms. The molecule has 6 heteroatoms. The first kappa shape index (κ1) is 22.6. The quantitative estimate of drug-likeness (QED) is 0.404. The van der Waals surface area contributed by atoms with E-state index in [0.717, 1.165) is 90.7 Å². The average molecular weight is 459 g/mol. The van der Waals surface area contributed by atoms with E-state index in [4.69, 9.17) is 4.98 Å². The molecule has 3 aromatic rings. The van der Waals surface area contributed by atoms with Crippen molar-refractivity contribution < 1.29 is 9.59 Å². The number of H-pyrrole nitrogens is 1. The van der Waals surface area contributed by atoms with E-state index in [0.29, 0.717) is 0 Å². The van der Waals surface area contributed by atoms with Crippen molar-refractivity contribution in [1.29, 1.82) is 0 Å². The van der Waals surface area contributed by atoms with Crippen LogP contribution in [0.1, 0.15) is 69.8 Å². The van der Waals surface area contributed by atoms with Crippen LogP contribution >= 0.6 is 0 Å². The second-order valence-electron chi connectivity index (χ2n) is 9.95. The Morgan fingerprint density at radius 2 is 1.38 bits per heavy atom. The van der Waals surface area contributed by atoms with Gasteiger partial charge < -0.3 is 15.6 Å². The van der Waals surface area contributed by atoms with E-state index in [2.05, 4.69) is 15.6 Å². The Bertz CT molecular complexity index is 1170. The highest BCUT2D eigenvalue weighted by Gasteiger charge is 2.23. The van der Waals surface area contributed by atoms with Crippen molar-refractivity contribution >= 4 is 34.2 Å². The van der Waals surface area contributed by atoms with Crippen molar-refractivity contribution in [3.63, 3.8) is 0 Å². The van der Waals surface area contributed by atoms with E-state index in [1.807, 2.05) is 43.3 Å². The highest BCUT2D eigenvalue weighted by Crippen LogP contribution is 2.30. The number of carbonyl (C=O) groups excluding carboxylic acids is 2. The van der Waals surface area contributed by atoms with E-state index >= 15 is 0 Å². The second kappa shape index (κ2) is 10.00. The zero-order valence-corrected chi connectivity index (χ0v) is 20.0. The maximum absolute atomic E-state index is 12.7. The number of carbonyl (C=O) groups is 2. The molecule has 3 N–H and O–H groups in total. The van der Waals surface area contributed by atoms with Crippen molar-refractivity contribution in [3.05, 3.63) is 42.0 Å². The number of anilines is 2. The summed E-state index contributed by atoms with van der Waals surface area (Å²) < 4.78 is 0. The lowest BCUT2D eigenvalue weighted by atomic mass is 9.88. The maximum atomic E-state index is 12.7. The molecule has 0 radical (unpaired) electrons. The molecule has 2 fully saturated rings. The van der Waals surface area contributed by atoms with Gasteiger partial charge in [0, 0.05) is 34.3 Å². The normalized spacial score (nSPS) is 17.6. The molecule has 2 saturated carbocycles. The Morgan fingerprint density at radius 1 is 0.794 bits per heavy atom. The number of imidazole rings is 1. The fourth-order valence-electron chi connectivity index (χ4n) is 5.40. The van der Waals surface area contributed by atoms with Gasteiger partial charge in [-0.25, -0.2) is 4.98 Å². The first-order chi connectivity index (χ1) is 16.6. The van der Waals surface area contributed by atoms with Crippen LogP contribution in [0.4, 0.5) is 11.4 Å². The third kappa shape index (κ3) is 4.86. The lowest BCUT2D eigenvalue weighted by Crippen LogP contribution is -2.25. The molecule has 2 aliphatic carbocycles. The topological polar surface area (TPSA) is 86.9 Å². The third-order valence-electron chi connectivity index (χ3n) is 7.54. The molecule has 1 heterocycles. The van der Waals surface area contributed by atoms with Crippen LogP contribution in [0, 0.1) is 18.8 Å². The molecular formula is C28H34N4O2. The smallest absolute Gasteiger partial charge is 0.227 e. The predicted molar refractivity (Wildman–Crippen MR) is 137 cm³/mol. The minimum Gasteiger partial charge on any atom is -0.338 e. The largest absolute Gasteiger partial charge is 0.338 e. The molecule has 0 atom stereocenters. The van der Waals surface area contributed by atoms with Crippen LogP contribution in [0.5, 0.6) is 0 Å². The third-order valence-corrected chi connectivity index (χ3v) is 7.54. The number of hydrogen-bond donors (Lipinski definition) is 3. The van der Waals surface area contributed by atoms with E-state index in [-0.39, 0.29) is 23.7 Å². The number of nitrogens with one attached hydrogen (secondary N) is 3. The van der Waals surface area contributed by atoms with Crippen LogP contribution in [0.2, 0.25) is 0 Å². The molecule has 0 saturated heterocycles. The summed E-state index contributed by atoms with van der Waals surface area (Å²) in [5, 5.41) is 6.21. The standard InChI is InChI=1S/C28H34N4O2/c1-18-23(31-28(34)21-10-6-3-7-11-21)16-17-24-25(18)32-26(30-24)19-12-14-22(15-13-19)29-27(33)20-8-4-2-5-9-20/h12-17,20-21H,2-11H2,1H3,(H,29,33)(H,30,32)(H,31,34). The molecule has 2 aliphatic rings. The highest BCUT2D eigenvalue weighted by atomic mass is 16.2. The number of fused-ring (bicyclic) bond motifs is 1.